The molecule has 0 aromatic heterocycles. The van der Waals surface area contributed by atoms with Gasteiger partial charge in [0.05, 0.1) is 12.2 Å². The molecule has 0 bridgehead atoms. The SMILES string of the molecule is FC(F)(F)c1ccc(OCC2C[N]C2)cc1. The molecule has 0 N–H and O–H groups in total. The Morgan fingerprint density at radius 3 is 2.25 bits per heavy atom. The second-order valence-corrected chi connectivity index (χ2v) is 3.79. The van der Waals surface area contributed by atoms with E-state index in [0.717, 1.165) is 25.2 Å². The minimum atomic E-state index is -4.29. The number of benzene rings is 1. The van der Waals surface area contributed by atoms with Gasteiger partial charge in [0.2, 0.25) is 0 Å². The maximum absolute atomic E-state index is 12.2. The van der Waals surface area contributed by atoms with Gasteiger partial charge in [0.1, 0.15) is 5.75 Å². The fourth-order valence-electron chi connectivity index (χ4n) is 1.37. The highest BCUT2D eigenvalue weighted by atomic mass is 19.4. The quantitative estimate of drug-likeness (QED) is 0.781. The van der Waals surface area contributed by atoms with Crippen LogP contribution in [0.15, 0.2) is 24.3 Å². The Morgan fingerprint density at radius 1 is 1.19 bits per heavy atom. The van der Waals surface area contributed by atoms with Crippen molar-refractivity contribution in [3.8, 4) is 5.75 Å². The van der Waals surface area contributed by atoms with Gasteiger partial charge in [-0.15, -0.1) is 0 Å². The molecule has 0 spiro atoms. The Balaban J connectivity index is 1.91. The summed E-state index contributed by atoms with van der Waals surface area (Å²) in [5, 5.41) is 4.03. The first-order valence-corrected chi connectivity index (χ1v) is 4.99. The van der Waals surface area contributed by atoms with Crippen molar-refractivity contribution < 1.29 is 17.9 Å². The third-order valence-corrected chi connectivity index (χ3v) is 2.44. The zero-order chi connectivity index (χ0) is 11.6. The number of hydrogen-bond acceptors (Lipinski definition) is 1. The van der Waals surface area contributed by atoms with Crippen molar-refractivity contribution in [2.75, 3.05) is 19.7 Å². The molecule has 5 heteroatoms. The van der Waals surface area contributed by atoms with Crippen LogP contribution in [0.25, 0.3) is 0 Å². The van der Waals surface area contributed by atoms with Crippen molar-refractivity contribution in [1.29, 1.82) is 0 Å². The van der Waals surface area contributed by atoms with Crippen LogP contribution < -0.4 is 10.1 Å². The second-order valence-electron chi connectivity index (χ2n) is 3.79. The lowest BCUT2D eigenvalue weighted by Gasteiger charge is -2.24. The van der Waals surface area contributed by atoms with Crippen molar-refractivity contribution >= 4 is 0 Å². The fourth-order valence-corrected chi connectivity index (χ4v) is 1.37. The Labute approximate surface area is 91.4 Å². The van der Waals surface area contributed by atoms with Crippen LogP contribution in [0.1, 0.15) is 5.56 Å². The van der Waals surface area contributed by atoms with Crippen molar-refractivity contribution in [3.05, 3.63) is 29.8 Å². The van der Waals surface area contributed by atoms with Gasteiger partial charge in [0.25, 0.3) is 0 Å². The lowest BCUT2D eigenvalue weighted by molar-refractivity contribution is -0.137. The van der Waals surface area contributed by atoms with Crippen LogP contribution in [0.4, 0.5) is 13.2 Å². The molecular formula is C11H11F3NO. The summed E-state index contributed by atoms with van der Waals surface area (Å²) in [5.74, 6) is 0.891. The van der Waals surface area contributed by atoms with E-state index in [0.29, 0.717) is 18.3 Å². The standard InChI is InChI=1S/C11H11F3NO/c12-11(13,14)9-1-3-10(4-2-9)16-7-8-5-15-6-8/h1-4,8H,5-7H2. The summed E-state index contributed by atoms with van der Waals surface area (Å²) < 4.78 is 42.1. The van der Waals surface area contributed by atoms with Crippen LogP contribution in [0.3, 0.4) is 0 Å². The Hall–Kier alpha value is -1.23. The molecule has 1 fully saturated rings. The van der Waals surface area contributed by atoms with Crippen LogP contribution in [0.5, 0.6) is 5.75 Å². The molecule has 1 heterocycles. The predicted molar refractivity (Wildman–Crippen MR) is 52.3 cm³/mol. The van der Waals surface area contributed by atoms with Gasteiger partial charge in [-0.3, -0.25) is 0 Å². The fraction of sp³-hybridized carbons (Fsp3) is 0.455. The molecule has 0 unspecified atom stereocenters. The van der Waals surface area contributed by atoms with Gasteiger partial charge in [0.15, 0.2) is 0 Å². The van der Waals surface area contributed by atoms with E-state index in [1.807, 2.05) is 0 Å². The molecule has 0 aliphatic carbocycles. The van der Waals surface area contributed by atoms with Gasteiger partial charge in [0, 0.05) is 19.0 Å². The number of halogens is 3. The zero-order valence-corrected chi connectivity index (χ0v) is 8.50. The van der Waals surface area contributed by atoms with Gasteiger partial charge in [-0.25, -0.2) is 5.32 Å². The lowest BCUT2D eigenvalue weighted by atomic mass is 10.1. The van der Waals surface area contributed by atoms with E-state index in [1.165, 1.54) is 12.1 Å². The van der Waals surface area contributed by atoms with E-state index in [2.05, 4.69) is 5.32 Å². The largest absolute Gasteiger partial charge is 0.493 e. The Kier molecular flexibility index (Phi) is 3.05. The molecule has 1 radical (unpaired) electrons. The van der Waals surface area contributed by atoms with E-state index in [9.17, 15) is 13.2 Å². The maximum Gasteiger partial charge on any atom is 0.416 e. The third-order valence-electron chi connectivity index (χ3n) is 2.44. The van der Waals surface area contributed by atoms with Gasteiger partial charge < -0.3 is 4.74 Å². The molecule has 1 aromatic carbocycles. The van der Waals surface area contributed by atoms with E-state index >= 15 is 0 Å². The van der Waals surface area contributed by atoms with E-state index in [1.54, 1.807) is 0 Å². The minimum absolute atomic E-state index is 0.419. The Bertz CT molecular complexity index is 343. The van der Waals surface area contributed by atoms with Crippen LogP contribution in [-0.4, -0.2) is 19.7 Å². The second kappa shape index (κ2) is 4.33. The first-order chi connectivity index (χ1) is 7.55. The maximum atomic E-state index is 12.2. The van der Waals surface area contributed by atoms with Gasteiger partial charge in [-0.2, -0.15) is 13.2 Å². The highest BCUT2D eigenvalue weighted by Gasteiger charge is 2.30. The van der Waals surface area contributed by atoms with Crippen molar-refractivity contribution in [3.63, 3.8) is 0 Å². The first-order valence-electron chi connectivity index (χ1n) is 4.99. The first kappa shape index (κ1) is 11.3. The normalized spacial score (nSPS) is 16.9. The topological polar surface area (TPSA) is 23.3 Å². The average molecular weight is 230 g/mol. The van der Waals surface area contributed by atoms with Crippen molar-refractivity contribution in [2.45, 2.75) is 6.18 Å². The van der Waals surface area contributed by atoms with Crippen LogP contribution in [0.2, 0.25) is 0 Å². The molecule has 87 valence electrons. The molecule has 1 aliphatic heterocycles. The van der Waals surface area contributed by atoms with Gasteiger partial charge >= 0.3 is 6.18 Å². The van der Waals surface area contributed by atoms with Gasteiger partial charge in [-0.05, 0) is 24.3 Å². The molecule has 0 amide bonds. The molecule has 16 heavy (non-hydrogen) atoms. The van der Waals surface area contributed by atoms with E-state index in [4.69, 9.17) is 4.74 Å². The van der Waals surface area contributed by atoms with E-state index in [-0.39, 0.29) is 0 Å². The lowest BCUT2D eigenvalue weighted by Crippen LogP contribution is -2.39. The number of rotatable bonds is 3. The molecule has 0 saturated carbocycles. The highest BCUT2D eigenvalue weighted by Crippen LogP contribution is 2.30. The molecule has 1 aromatic rings. The summed E-state index contributed by atoms with van der Waals surface area (Å²) in [5.41, 5.74) is -0.654. The van der Waals surface area contributed by atoms with Gasteiger partial charge in [-0.1, -0.05) is 0 Å². The third kappa shape index (κ3) is 2.66. The summed E-state index contributed by atoms with van der Waals surface area (Å²) in [4.78, 5) is 0. The summed E-state index contributed by atoms with van der Waals surface area (Å²) in [6.07, 6.45) is -4.29. The summed E-state index contributed by atoms with van der Waals surface area (Å²) >= 11 is 0. The monoisotopic (exact) mass is 230 g/mol. The smallest absolute Gasteiger partial charge is 0.416 e. The predicted octanol–water partition coefficient (Wildman–Crippen LogP) is 2.32. The van der Waals surface area contributed by atoms with Crippen LogP contribution in [0, 0.1) is 5.92 Å². The average Bonchev–Trinajstić information content (AvgIpc) is 2.15. The number of nitrogens with zero attached hydrogens (tertiary/aromatic N) is 1. The number of hydrogen-bond donors (Lipinski definition) is 0. The highest BCUT2D eigenvalue weighted by molar-refractivity contribution is 5.28. The summed E-state index contributed by atoms with van der Waals surface area (Å²) in [7, 11) is 0. The minimum Gasteiger partial charge on any atom is -0.493 e. The van der Waals surface area contributed by atoms with Crippen LogP contribution in [-0.2, 0) is 6.18 Å². The number of alkyl halides is 3. The van der Waals surface area contributed by atoms with Crippen LogP contribution >= 0.6 is 0 Å². The van der Waals surface area contributed by atoms with E-state index < -0.39 is 11.7 Å². The summed E-state index contributed by atoms with van der Waals surface area (Å²) in [6.45, 7) is 2.11. The molecule has 1 saturated heterocycles. The number of ether oxygens (including phenoxy) is 1. The summed E-state index contributed by atoms with van der Waals surface area (Å²) in [6, 6.07) is 4.75. The zero-order valence-electron chi connectivity index (χ0n) is 8.50. The van der Waals surface area contributed by atoms with Crippen molar-refractivity contribution in [2.24, 2.45) is 5.92 Å². The molecule has 2 rings (SSSR count). The molecule has 1 aliphatic rings. The Morgan fingerprint density at radius 2 is 1.81 bits per heavy atom. The molecule has 0 atom stereocenters. The molecule has 2 nitrogen and oxygen atoms in total. The molecular weight excluding hydrogens is 219 g/mol. The van der Waals surface area contributed by atoms with Crippen molar-refractivity contribution in [1.82, 2.24) is 5.32 Å².